The number of hydrogen-bond donors (Lipinski definition) is 0. The molecule has 2 saturated heterocycles. The highest BCUT2D eigenvalue weighted by atomic mass is 16.5. The zero-order valence-electron chi connectivity index (χ0n) is 13.3. The predicted molar refractivity (Wildman–Crippen MR) is 82.4 cm³/mol. The third-order valence-electron chi connectivity index (χ3n) is 5.14. The summed E-state index contributed by atoms with van der Waals surface area (Å²) in [7, 11) is 0. The average Bonchev–Trinajstić information content (AvgIpc) is 2.52. The number of amides is 2. The zero-order chi connectivity index (χ0) is 15.4. The van der Waals surface area contributed by atoms with Crippen LogP contribution in [0.25, 0.3) is 0 Å². The van der Waals surface area contributed by atoms with E-state index < -0.39 is 0 Å². The molecule has 2 heterocycles. The summed E-state index contributed by atoms with van der Waals surface area (Å²) in [6.07, 6.45) is 3.88. The number of carbonyl (C=O) groups is 2. The van der Waals surface area contributed by atoms with Gasteiger partial charge < -0.3 is 14.5 Å². The molecule has 6 nitrogen and oxygen atoms in total. The Labute approximate surface area is 132 Å². The lowest BCUT2D eigenvalue weighted by molar-refractivity contribution is -0.144. The number of morpholine rings is 1. The lowest BCUT2D eigenvalue weighted by Gasteiger charge is -2.38. The summed E-state index contributed by atoms with van der Waals surface area (Å²) in [4.78, 5) is 30.6. The van der Waals surface area contributed by atoms with Crippen molar-refractivity contribution in [3.8, 4) is 0 Å². The van der Waals surface area contributed by atoms with Crippen molar-refractivity contribution in [2.45, 2.75) is 25.7 Å². The summed E-state index contributed by atoms with van der Waals surface area (Å²) >= 11 is 0. The first-order valence-corrected chi connectivity index (χ1v) is 8.61. The highest BCUT2D eigenvalue weighted by molar-refractivity contribution is 5.80. The standard InChI is InChI=1S/C16H27N3O3/c20-15(4-5-17-10-12-22-13-11-17)18-6-8-19(9-7-18)16(21)14-2-1-3-14/h14H,1-13H2. The first-order valence-electron chi connectivity index (χ1n) is 8.61. The van der Waals surface area contributed by atoms with E-state index in [9.17, 15) is 9.59 Å². The van der Waals surface area contributed by atoms with Crippen molar-refractivity contribution >= 4 is 11.8 Å². The Balaban J connectivity index is 1.36. The van der Waals surface area contributed by atoms with E-state index in [2.05, 4.69) is 4.90 Å². The largest absolute Gasteiger partial charge is 0.379 e. The molecule has 0 N–H and O–H groups in total. The van der Waals surface area contributed by atoms with Crippen molar-refractivity contribution in [3.05, 3.63) is 0 Å². The maximum Gasteiger partial charge on any atom is 0.225 e. The van der Waals surface area contributed by atoms with Crippen LogP contribution >= 0.6 is 0 Å². The van der Waals surface area contributed by atoms with E-state index in [0.717, 1.165) is 45.7 Å². The normalized spacial score (nSPS) is 24.2. The van der Waals surface area contributed by atoms with Crippen molar-refractivity contribution in [2.75, 3.05) is 59.0 Å². The molecule has 0 atom stereocenters. The molecule has 3 rings (SSSR count). The summed E-state index contributed by atoms with van der Waals surface area (Å²) in [5.74, 6) is 0.803. The van der Waals surface area contributed by atoms with Gasteiger partial charge in [0.15, 0.2) is 0 Å². The molecule has 1 aliphatic carbocycles. The summed E-state index contributed by atoms with van der Waals surface area (Å²) in [5, 5.41) is 0. The molecule has 124 valence electrons. The molecule has 0 aromatic rings. The van der Waals surface area contributed by atoms with E-state index in [-0.39, 0.29) is 11.8 Å². The molecule has 1 saturated carbocycles. The summed E-state index contributed by atoms with van der Waals surface area (Å²) in [6, 6.07) is 0. The first kappa shape index (κ1) is 15.7. The molecule has 3 fully saturated rings. The van der Waals surface area contributed by atoms with Crippen LogP contribution in [0, 0.1) is 5.92 Å². The lowest BCUT2D eigenvalue weighted by Crippen LogP contribution is -2.53. The Bertz CT molecular complexity index is 397. The van der Waals surface area contributed by atoms with Crippen LogP contribution in [0.3, 0.4) is 0 Å². The van der Waals surface area contributed by atoms with Crippen molar-refractivity contribution in [3.63, 3.8) is 0 Å². The average molecular weight is 309 g/mol. The van der Waals surface area contributed by atoms with Crippen molar-refractivity contribution < 1.29 is 14.3 Å². The van der Waals surface area contributed by atoms with Gasteiger partial charge in [0.2, 0.25) is 11.8 Å². The van der Waals surface area contributed by atoms with Crippen molar-refractivity contribution in [1.82, 2.24) is 14.7 Å². The Hall–Kier alpha value is -1.14. The molecule has 0 aromatic carbocycles. The van der Waals surface area contributed by atoms with Crippen molar-refractivity contribution in [1.29, 1.82) is 0 Å². The predicted octanol–water partition coefficient (Wildman–Crippen LogP) is 0.180. The van der Waals surface area contributed by atoms with Crippen LogP contribution in [0.4, 0.5) is 0 Å². The molecule has 2 aliphatic heterocycles. The molecular weight excluding hydrogens is 282 g/mol. The Morgan fingerprint density at radius 1 is 0.909 bits per heavy atom. The summed E-state index contributed by atoms with van der Waals surface area (Å²) < 4.78 is 5.32. The van der Waals surface area contributed by atoms with Gasteiger partial charge in [0.25, 0.3) is 0 Å². The van der Waals surface area contributed by atoms with Gasteiger partial charge in [-0.1, -0.05) is 6.42 Å². The number of nitrogens with zero attached hydrogens (tertiary/aromatic N) is 3. The van der Waals surface area contributed by atoms with E-state index in [1.807, 2.05) is 9.80 Å². The van der Waals surface area contributed by atoms with E-state index in [1.165, 1.54) is 6.42 Å². The van der Waals surface area contributed by atoms with Gasteiger partial charge in [-0.3, -0.25) is 14.5 Å². The molecule has 22 heavy (non-hydrogen) atoms. The summed E-state index contributed by atoms with van der Waals surface area (Å²) in [5.41, 5.74) is 0. The first-order chi connectivity index (χ1) is 10.7. The molecule has 0 spiro atoms. The van der Waals surface area contributed by atoms with Crippen LogP contribution in [0.2, 0.25) is 0 Å². The molecule has 2 amide bonds. The highest BCUT2D eigenvalue weighted by Crippen LogP contribution is 2.28. The van der Waals surface area contributed by atoms with Gasteiger partial charge in [0, 0.05) is 58.2 Å². The number of ether oxygens (including phenoxy) is 1. The SMILES string of the molecule is O=C(CCN1CCOCC1)N1CCN(C(=O)C2CCC2)CC1. The minimum absolute atomic E-state index is 0.224. The molecule has 0 unspecified atom stereocenters. The fourth-order valence-electron chi connectivity index (χ4n) is 3.33. The summed E-state index contributed by atoms with van der Waals surface area (Å²) in [6.45, 7) is 7.03. The molecule has 3 aliphatic rings. The highest BCUT2D eigenvalue weighted by Gasteiger charge is 2.31. The minimum atomic E-state index is 0.224. The zero-order valence-corrected chi connectivity index (χ0v) is 13.3. The number of hydrogen-bond acceptors (Lipinski definition) is 4. The van der Waals surface area contributed by atoms with Crippen molar-refractivity contribution in [2.24, 2.45) is 5.92 Å². The maximum absolute atomic E-state index is 12.3. The fourth-order valence-corrected chi connectivity index (χ4v) is 3.33. The van der Waals surface area contributed by atoms with Gasteiger partial charge in [-0.15, -0.1) is 0 Å². The molecular formula is C16H27N3O3. The van der Waals surface area contributed by atoms with Gasteiger partial charge in [-0.2, -0.15) is 0 Å². The Kier molecular flexibility index (Phi) is 5.31. The molecule has 0 radical (unpaired) electrons. The number of carbonyl (C=O) groups excluding carboxylic acids is 2. The lowest BCUT2D eigenvalue weighted by atomic mass is 9.84. The van der Waals surface area contributed by atoms with E-state index in [1.54, 1.807) is 0 Å². The maximum atomic E-state index is 12.3. The number of piperazine rings is 1. The van der Waals surface area contributed by atoms with Crippen LogP contribution < -0.4 is 0 Å². The van der Waals surface area contributed by atoms with Crippen LogP contribution in [0.15, 0.2) is 0 Å². The monoisotopic (exact) mass is 309 g/mol. The van der Waals surface area contributed by atoms with E-state index in [0.29, 0.717) is 38.5 Å². The third kappa shape index (κ3) is 3.79. The molecule has 6 heteroatoms. The van der Waals surface area contributed by atoms with Gasteiger partial charge in [-0.25, -0.2) is 0 Å². The van der Waals surface area contributed by atoms with E-state index in [4.69, 9.17) is 4.74 Å². The van der Waals surface area contributed by atoms with Gasteiger partial charge in [0.1, 0.15) is 0 Å². The van der Waals surface area contributed by atoms with Crippen LogP contribution in [0.1, 0.15) is 25.7 Å². The van der Waals surface area contributed by atoms with E-state index >= 15 is 0 Å². The quantitative estimate of drug-likeness (QED) is 0.743. The second-order valence-corrected chi connectivity index (χ2v) is 6.54. The second-order valence-electron chi connectivity index (χ2n) is 6.54. The fraction of sp³-hybridized carbons (Fsp3) is 0.875. The molecule has 0 bridgehead atoms. The number of rotatable bonds is 4. The third-order valence-corrected chi connectivity index (χ3v) is 5.14. The smallest absolute Gasteiger partial charge is 0.225 e. The second kappa shape index (κ2) is 7.42. The van der Waals surface area contributed by atoms with Crippen LogP contribution in [-0.2, 0) is 14.3 Å². The van der Waals surface area contributed by atoms with Gasteiger partial charge >= 0.3 is 0 Å². The topological polar surface area (TPSA) is 53.1 Å². The van der Waals surface area contributed by atoms with Crippen LogP contribution in [-0.4, -0.2) is 85.5 Å². The Morgan fingerprint density at radius 3 is 2.14 bits per heavy atom. The van der Waals surface area contributed by atoms with Gasteiger partial charge in [-0.05, 0) is 12.8 Å². The minimum Gasteiger partial charge on any atom is -0.379 e. The molecule has 0 aromatic heterocycles. The van der Waals surface area contributed by atoms with Gasteiger partial charge in [0.05, 0.1) is 13.2 Å². The van der Waals surface area contributed by atoms with Crippen LogP contribution in [0.5, 0.6) is 0 Å². The Morgan fingerprint density at radius 2 is 1.55 bits per heavy atom.